The molecule has 14 heavy (non-hydrogen) atoms. The molecule has 1 atom stereocenters. The maximum atomic E-state index is 11.5. The topological polar surface area (TPSA) is 72.9 Å². The van der Waals surface area contributed by atoms with Gasteiger partial charge in [-0.3, -0.25) is 14.9 Å². The molecule has 1 aromatic rings. The van der Waals surface area contributed by atoms with E-state index < -0.39 is 0 Å². The first-order valence-corrected chi connectivity index (χ1v) is 5.05. The minimum atomic E-state index is -0.369. The van der Waals surface area contributed by atoms with E-state index in [1.54, 1.807) is 17.1 Å². The summed E-state index contributed by atoms with van der Waals surface area (Å²) in [6.45, 7) is 3.88. The van der Waals surface area contributed by atoms with Crippen molar-refractivity contribution in [2.45, 2.75) is 19.9 Å². The Kier molecular flexibility index (Phi) is 3.65. The van der Waals surface area contributed by atoms with Gasteiger partial charge in [-0.1, -0.05) is 13.8 Å². The summed E-state index contributed by atoms with van der Waals surface area (Å²) in [6.07, 6.45) is 3.39. The van der Waals surface area contributed by atoms with Crippen molar-refractivity contribution >= 4 is 21.8 Å². The lowest BCUT2D eigenvalue weighted by molar-refractivity contribution is -0.125. The second-order valence-electron chi connectivity index (χ2n) is 3.34. The highest BCUT2D eigenvalue weighted by molar-refractivity contribution is 9.10. The van der Waals surface area contributed by atoms with Crippen molar-refractivity contribution in [1.82, 2.24) is 15.2 Å². The fourth-order valence-electron chi connectivity index (χ4n) is 1.28. The smallest absolute Gasteiger partial charge is 0.258 e. The minimum absolute atomic E-state index is 0.130. The van der Waals surface area contributed by atoms with Crippen LogP contribution in [0.5, 0.6) is 0 Å². The number of aromatic nitrogens is 2. The van der Waals surface area contributed by atoms with Crippen LogP contribution in [0.3, 0.4) is 0 Å². The SMILES string of the molecule is CC(C)C(C(=O)NN)n1cc(Br)cn1. The van der Waals surface area contributed by atoms with E-state index in [9.17, 15) is 4.79 Å². The maximum absolute atomic E-state index is 11.5. The molecule has 3 N–H and O–H groups in total. The summed E-state index contributed by atoms with van der Waals surface area (Å²) in [6, 6.07) is -0.369. The lowest BCUT2D eigenvalue weighted by Crippen LogP contribution is -2.39. The van der Waals surface area contributed by atoms with Crippen LogP contribution in [-0.4, -0.2) is 15.7 Å². The van der Waals surface area contributed by atoms with Crippen LogP contribution in [-0.2, 0) is 4.79 Å². The molecule has 0 spiro atoms. The third kappa shape index (κ3) is 2.33. The molecule has 1 aromatic heterocycles. The molecule has 1 amide bonds. The molecule has 5 nitrogen and oxygen atoms in total. The van der Waals surface area contributed by atoms with Gasteiger partial charge < -0.3 is 0 Å². The second-order valence-corrected chi connectivity index (χ2v) is 4.25. The van der Waals surface area contributed by atoms with Gasteiger partial charge in [0.2, 0.25) is 0 Å². The Balaban J connectivity index is 2.94. The molecule has 6 heteroatoms. The lowest BCUT2D eigenvalue weighted by Gasteiger charge is -2.19. The highest BCUT2D eigenvalue weighted by Crippen LogP contribution is 2.19. The molecule has 0 aliphatic rings. The number of halogens is 1. The van der Waals surface area contributed by atoms with Gasteiger partial charge in [-0.25, -0.2) is 5.84 Å². The predicted molar refractivity (Wildman–Crippen MR) is 56.1 cm³/mol. The van der Waals surface area contributed by atoms with E-state index in [1.165, 1.54) is 0 Å². The number of carbonyl (C=O) groups excluding carboxylic acids is 1. The van der Waals surface area contributed by atoms with Crippen LogP contribution < -0.4 is 11.3 Å². The molecule has 0 saturated carbocycles. The molecule has 0 radical (unpaired) electrons. The van der Waals surface area contributed by atoms with Crippen molar-refractivity contribution < 1.29 is 4.79 Å². The zero-order chi connectivity index (χ0) is 10.7. The number of nitrogens with two attached hydrogens (primary N) is 1. The summed E-state index contributed by atoms with van der Waals surface area (Å²) < 4.78 is 2.43. The molecule has 78 valence electrons. The Morgan fingerprint density at radius 3 is 2.71 bits per heavy atom. The second kappa shape index (κ2) is 4.56. The van der Waals surface area contributed by atoms with Crippen LogP contribution in [0.1, 0.15) is 19.9 Å². The number of hydrazine groups is 1. The van der Waals surface area contributed by atoms with Gasteiger partial charge in [-0.2, -0.15) is 5.10 Å². The largest absolute Gasteiger partial charge is 0.292 e. The zero-order valence-corrected chi connectivity index (χ0v) is 9.65. The lowest BCUT2D eigenvalue weighted by atomic mass is 10.0. The maximum Gasteiger partial charge on any atom is 0.258 e. The molecule has 1 heterocycles. The first-order chi connectivity index (χ1) is 6.56. The Labute approximate surface area is 90.8 Å². The molecule has 0 aliphatic carbocycles. The first kappa shape index (κ1) is 11.2. The van der Waals surface area contributed by atoms with Crippen molar-refractivity contribution in [3.05, 3.63) is 16.9 Å². The van der Waals surface area contributed by atoms with Crippen LogP contribution in [0, 0.1) is 5.92 Å². The summed E-state index contributed by atoms with van der Waals surface area (Å²) in [5.41, 5.74) is 2.14. The standard InChI is InChI=1S/C8H13BrN4O/c1-5(2)7(8(14)12-10)13-4-6(9)3-11-13/h3-5,7H,10H2,1-2H3,(H,12,14). The van der Waals surface area contributed by atoms with Crippen molar-refractivity contribution in [2.75, 3.05) is 0 Å². The fraction of sp³-hybridized carbons (Fsp3) is 0.500. The van der Waals surface area contributed by atoms with Gasteiger partial charge in [-0.15, -0.1) is 0 Å². The molecule has 1 unspecified atom stereocenters. The van der Waals surface area contributed by atoms with E-state index in [0.717, 1.165) is 4.47 Å². The Hall–Kier alpha value is -0.880. The van der Waals surface area contributed by atoms with E-state index in [0.29, 0.717) is 0 Å². The van der Waals surface area contributed by atoms with Crippen molar-refractivity contribution in [3.63, 3.8) is 0 Å². The zero-order valence-electron chi connectivity index (χ0n) is 8.07. The minimum Gasteiger partial charge on any atom is -0.292 e. The van der Waals surface area contributed by atoms with E-state index in [4.69, 9.17) is 5.84 Å². The molecule has 0 bridgehead atoms. The van der Waals surface area contributed by atoms with Gasteiger partial charge in [0.05, 0.1) is 10.7 Å². The number of nitrogens with zero attached hydrogens (tertiary/aromatic N) is 2. The molecule has 1 rings (SSSR count). The van der Waals surface area contributed by atoms with Gasteiger partial charge in [0, 0.05) is 6.20 Å². The number of hydrogen-bond donors (Lipinski definition) is 2. The van der Waals surface area contributed by atoms with E-state index in [1.807, 2.05) is 13.8 Å². The van der Waals surface area contributed by atoms with Gasteiger partial charge in [-0.05, 0) is 21.8 Å². The van der Waals surface area contributed by atoms with Gasteiger partial charge in [0.1, 0.15) is 6.04 Å². The van der Waals surface area contributed by atoms with E-state index in [2.05, 4.69) is 26.5 Å². The highest BCUT2D eigenvalue weighted by atomic mass is 79.9. The van der Waals surface area contributed by atoms with Crippen LogP contribution in [0.2, 0.25) is 0 Å². The molecule has 0 saturated heterocycles. The highest BCUT2D eigenvalue weighted by Gasteiger charge is 2.23. The number of nitrogens with one attached hydrogen (secondary N) is 1. The third-order valence-corrected chi connectivity index (χ3v) is 2.31. The molecule has 0 aromatic carbocycles. The van der Waals surface area contributed by atoms with Gasteiger partial charge in [0.15, 0.2) is 0 Å². The summed E-state index contributed by atoms with van der Waals surface area (Å²) in [4.78, 5) is 11.5. The van der Waals surface area contributed by atoms with Crippen LogP contribution in [0.25, 0.3) is 0 Å². The van der Waals surface area contributed by atoms with E-state index in [-0.39, 0.29) is 17.9 Å². The quantitative estimate of drug-likeness (QED) is 0.481. The van der Waals surface area contributed by atoms with Gasteiger partial charge in [0.25, 0.3) is 5.91 Å². The Morgan fingerprint density at radius 1 is 1.71 bits per heavy atom. The summed E-state index contributed by atoms with van der Waals surface area (Å²) in [5, 5.41) is 4.06. The monoisotopic (exact) mass is 260 g/mol. The van der Waals surface area contributed by atoms with Crippen LogP contribution in [0.4, 0.5) is 0 Å². The predicted octanol–water partition coefficient (Wildman–Crippen LogP) is 0.833. The van der Waals surface area contributed by atoms with Crippen LogP contribution >= 0.6 is 15.9 Å². The molecular formula is C8H13BrN4O. The first-order valence-electron chi connectivity index (χ1n) is 4.26. The average molecular weight is 261 g/mol. The number of amides is 1. The average Bonchev–Trinajstić information content (AvgIpc) is 2.51. The third-order valence-electron chi connectivity index (χ3n) is 1.90. The van der Waals surface area contributed by atoms with E-state index >= 15 is 0 Å². The summed E-state index contributed by atoms with van der Waals surface area (Å²) in [5.74, 6) is 4.99. The van der Waals surface area contributed by atoms with Crippen molar-refractivity contribution in [1.29, 1.82) is 0 Å². The number of carbonyl (C=O) groups is 1. The van der Waals surface area contributed by atoms with Crippen molar-refractivity contribution in [3.8, 4) is 0 Å². The molecule has 0 aliphatic heterocycles. The molecular weight excluding hydrogens is 248 g/mol. The normalized spacial score (nSPS) is 12.9. The van der Waals surface area contributed by atoms with Gasteiger partial charge >= 0.3 is 0 Å². The number of rotatable bonds is 3. The molecule has 0 fully saturated rings. The van der Waals surface area contributed by atoms with Crippen molar-refractivity contribution in [2.24, 2.45) is 11.8 Å². The van der Waals surface area contributed by atoms with Crippen LogP contribution in [0.15, 0.2) is 16.9 Å². The summed E-state index contributed by atoms with van der Waals surface area (Å²) in [7, 11) is 0. The Morgan fingerprint density at radius 2 is 2.36 bits per heavy atom. The number of hydrogen-bond acceptors (Lipinski definition) is 3. The summed E-state index contributed by atoms with van der Waals surface area (Å²) >= 11 is 3.27. The Bertz CT molecular complexity index is 323. The fourth-order valence-corrected chi connectivity index (χ4v) is 1.58.